The topological polar surface area (TPSA) is 63.2 Å². The van der Waals surface area contributed by atoms with Crippen LogP contribution in [0, 0.1) is 5.82 Å². The minimum absolute atomic E-state index is 0.110. The van der Waals surface area contributed by atoms with E-state index < -0.39 is 0 Å². The van der Waals surface area contributed by atoms with Crippen LogP contribution < -0.4 is 10.2 Å². The molecule has 1 aromatic carbocycles. The zero-order valence-corrected chi connectivity index (χ0v) is 15.7. The Morgan fingerprint density at radius 1 is 1.14 bits per heavy atom. The van der Waals surface area contributed by atoms with Crippen LogP contribution >= 0.6 is 0 Å². The van der Waals surface area contributed by atoms with Crippen molar-refractivity contribution in [3.05, 3.63) is 60.8 Å². The number of nitrogens with one attached hydrogen (secondary N) is 1. The molecule has 1 fully saturated rings. The van der Waals surface area contributed by atoms with E-state index in [2.05, 4.69) is 22.2 Å². The summed E-state index contributed by atoms with van der Waals surface area (Å²) < 4.78 is 19.3. The molecule has 1 atom stereocenters. The Labute approximate surface area is 163 Å². The van der Waals surface area contributed by atoms with Gasteiger partial charge in [-0.15, -0.1) is 0 Å². The summed E-state index contributed by atoms with van der Waals surface area (Å²) in [6, 6.07) is 10.2. The molecule has 7 heteroatoms. The molecule has 3 heterocycles. The molecule has 4 rings (SSSR count). The van der Waals surface area contributed by atoms with Crippen LogP contribution in [0.3, 0.4) is 0 Å². The molecule has 0 saturated carbocycles. The normalized spacial score (nSPS) is 16.7. The minimum atomic E-state index is -0.272. The lowest BCUT2D eigenvalue weighted by molar-refractivity contribution is 0.0263. The second-order valence-corrected chi connectivity index (χ2v) is 6.49. The molecule has 28 heavy (non-hydrogen) atoms. The molecule has 2 aromatic heterocycles. The Kier molecular flexibility index (Phi) is 5.55. The van der Waals surface area contributed by atoms with Crippen molar-refractivity contribution < 1.29 is 9.13 Å². The van der Waals surface area contributed by atoms with Crippen LogP contribution in [0.25, 0.3) is 22.4 Å². The average Bonchev–Trinajstić information content (AvgIpc) is 2.76. The molecule has 1 aliphatic rings. The van der Waals surface area contributed by atoms with Gasteiger partial charge in [0.05, 0.1) is 12.3 Å². The van der Waals surface area contributed by atoms with Gasteiger partial charge in [-0.2, -0.15) is 0 Å². The maximum Gasteiger partial charge on any atom is 0.227 e. The number of ether oxygens (including phenoxy) is 1. The molecule has 0 bridgehead atoms. The Morgan fingerprint density at radius 2 is 1.93 bits per heavy atom. The summed E-state index contributed by atoms with van der Waals surface area (Å²) in [6.07, 6.45) is 5.15. The number of rotatable bonds is 5. The first-order valence-corrected chi connectivity index (χ1v) is 9.38. The highest BCUT2D eigenvalue weighted by molar-refractivity contribution is 5.80. The summed E-state index contributed by atoms with van der Waals surface area (Å²) in [7, 11) is 0. The highest BCUT2D eigenvalue weighted by Crippen LogP contribution is 2.31. The zero-order valence-electron chi connectivity index (χ0n) is 15.7. The van der Waals surface area contributed by atoms with Crippen LogP contribution in [0.5, 0.6) is 0 Å². The molecule has 144 valence electrons. The SMILES string of the molecule is CCN(c1ncc(-c2ccc(F)cc2)c(-c2ccncc2)n1)C1CNCCO1. The molecular weight excluding hydrogens is 357 g/mol. The third-order valence-corrected chi connectivity index (χ3v) is 4.74. The predicted molar refractivity (Wildman–Crippen MR) is 106 cm³/mol. The second kappa shape index (κ2) is 8.41. The Bertz CT molecular complexity index is 914. The lowest BCUT2D eigenvalue weighted by atomic mass is 10.0. The molecule has 0 aliphatic carbocycles. The van der Waals surface area contributed by atoms with E-state index in [4.69, 9.17) is 9.72 Å². The van der Waals surface area contributed by atoms with Crippen molar-refractivity contribution in [3.8, 4) is 22.4 Å². The standard InChI is InChI=1S/C21H22FN5O/c1-2-27(19-14-24-11-12-28-19)21-25-13-18(15-3-5-17(22)6-4-15)20(26-21)16-7-9-23-10-8-16/h3-10,13,19,24H,2,11-12,14H2,1H3. The van der Waals surface area contributed by atoms with Gasteiger partial charge in [-0.25, -0.2) is 14.4 Å². The number of anilines is 1. The number of hydrogen-bond donors (Lipinski definition) is 1. The number of pyridine rings is 1. The highest BCUT2D eigenvalue weighted by Gasteiger charge is 2.24. The van der Waals surface area contributed by atoms with E-state index in [1.807, 2.05) is 17.0 Å². The summed E-state index contributed by atoms with van der Waals surface area (Å²) in [6.45, 7) is 5.01. The van der Waals surface area contributed by atoms with Crippen molar-refractivity contribution in [1.29, 1.82) is 0 Å². The fourth-order valence-electron chi connectivity index (χ4n) is 3.31. The van der Waals surface area contributed by atoms with Gasteiger partial charge in [-0.3, -0.25) is 4.98 Å². The Morgan fingerprint density at radius 3 is 2.61 bits per heavy atom. The van der Waals surface area contributed by atoms with E-state index in [9.17, 15) is 4.39 Å². The minimum Gasteiger partial charge on any atom is -0.356 e. The first kappa shape index (κ1) is 18.5. The van der Waals surface area contributed by atoms with Crippen molar-refractivity contribution in [2.45, 2.75) is 13.2 Å². The molecule has 1 unspecified atom stereocenters. The maximum atomic E-state index is 13.4. The van der Waals surface area contributed by atoms with E-state index in [0.717, 1.165) is 42.0 Å². The lowest BCUT2D eigenvalue weighted by Gasteiger charge is -2.34. The smallest absolute Gasteiger partial charge is 0.227 e. The van der Waals surface area contributed by atoms with Crippen LogP contribution in [0.1, 0.15) is 6.92 Å². The van der Waals surface area contributed by atoms with Crippen LogP contribution in [0.4, 0.5) is 10.3 Å². The molecular formula is C21H22FN5O. The average molecular weight is 379 g/mol. The number of benzene rings is 1. The molecule has 1 saturated heterocycles. The summed E-state index contributed by atoms with van der Waals surface area (Å²) in [4.78, 5) is 15.6. The molecule has 3 aromatic rings. The van der Waals surface area contributed by atoms with Gasteiger partial charge in [0.1, 0.15) is 12.0 Å². The van der Waals surface area contributed by atoms with Gasteiger partial charge in [-0.1, -0.05) is 12.1 Å². The number of hydrogen-bond acceptors (Lipinski definition) is 6. The van der Waals surface area contributed by atoms with E-state index in [0.29, 0.717) is 12.6 Å². The zero-order chi connectivity index (χ0) is 19.3. The van der Waals surface area contributed by atoms with Crippen molar-refractivity contribution in [2.75, 3.05) is 31.1 Å². The van der Waals surface area contributed by atoms with E-state index in [-0.39, 0.29) is 12.0 Å². The van der Waals surface area contributed by atoms with Gasteiger partial charge in [0.2, 0.25) is 5.95 Å². The summed E-state index contributed by atoms with van der Waals surface area (Å²) >= 11 is 0. The number of halogens is 1. The van der Waals surface area contributed by atoms with E-state index in [1.165, 1.54) is 12.1 Å². The van der Waals surface area contributed by atoms with Gasteiger partial charge in [0.25, 0.3) is 0 Å². The van der Waals surface area contributed by atoms with Gasteiger partial charge in [0, 0.05) is 49.4 Å². The first-order chi connectivity index (χ1) is 13.8. The summed E-state index contributed by atoms with van der Waals surface area (Å²) in [5.41, 5.74) is 3.41. The molecule has 6 nitrogen and oxygen atoms in total. The Hall–Kier alpha value is -2.90. The quantitative estimate of drug-likeness (QED) is 0.735. The fraction of sp³-hybridized carbons (Fsp3) is 0.286. The molecule has 1 N–H and O–H groups in total. The van der Waals surface area contributed by atoms with Crippen LogP contribution in [0.2, 0.25) is 0 Å². The van der Waals surface area contributed by atoms with Crippen molar-refractivity contribution >= 4 is 5.95 Å². The number of nitrogens with zero attached hydrogens (tertiary/aromatic N) is 4. The largest absolute Gasteiger partial charge is 0.356 e. The second-order valence-electron chi connectivity index (χ2n) is 6.49. The molecule has 0 spiro atoms. The predicted octanol–water partition coefficient (Wildman–Crippen LogP) is 3.12. The third kappa shape index (κ3) is 3.85. The monoisotopic (exact) mass is 379 g/mol. The number of likely N-dealkylation sites (N-methyl/N-ethyl adjacent to an activating group) is 1. The van der Waals surface area contributed by atoms with Crippen LogP contribution in [-0.2, 0) is 4.74 Å². The van der Waals surface area contributed by atoms with Crippen molar-refractivity contribution in [3.63, 3.8) is 0 Å². The van der Waals surface area contributed by atoms with Gasteiger partial charge in [0.15, 0.2) is 0 Å². The lowest BCUT2D eigenvalue weighted by Crippen LogP contribution is -2.50. The fourth-order valence-corrected chi connectivity index (χ4v) is 3.31. The van der Waals surface area contributed by atoms with Crippen molar-refractivity contribution in [1.82, 2.24) is 20.3 Å². The van der Waals surface area contributed by atoms with Crippen LogP contribution in [-0.4, -0.2) is 47.4 Å². The van der Waals surface area contributed by atoms with E-state index in [1.54, 1.807) is 30.7 Å². The Balaban J connectivity index is 1.79. The first-order valence-electron chi connectivity index (χ1n) is 9.38. The van der Waals surface area contributed by atoms with Gasteiger partial charge in [-0.05, 0) is 36.8 Å². The van der Waals surface area contributed by atoms with Gasteiger partial charge >= 0.3 is 0 Å². The van der Waals surface area contributed by atoms with Gasteiger partial charge < -0.3 is 15.0 Å². The highest BCUT2D eigenvalue weighted by atomic mass is 19.1. The summed E-state index contributed by atoms with van der Waals surface area (Å²) in [5.74, 6) is 0.333. The van der Waals surface area contributed by atoms with Crippen molar-refractivity contribution in [2.24, 2.45) is 0 Å². The number of morpholine rings is 1. The molecule has 0 amide bonds. The molecule has 1 aliphatic heterocycles. The number of aromatic nitrogens is 3. The van der Waals surface area contributed by atoms with Crippen LogP contribution in [0.15, 0.2) is 55.0 Å². The maximum absolute atomic E-state index is 13.4. The summed E-state index contributed by atoms with van der Waals surface area (Å²) in [5, 5.41) is 3.34. The molecule has 0 radical (unpaired) electrons. The third-order valence-electron chi connectivity index (χ3n) is 4.74. The van der Waals surface area contributed by atoms with E-state index >= 15 is 0 Å².